The Morgan fingerprint density at radius 1 is 1.04 bits per heavy atom. The standard InChI is InChI=1S/C21H17NO5/c23-6-4-15-20-13(1-2-17-21(20)27-11-24-17)7-16-14-9-19-18(25-10-26-19)8-12(14)3-5-22(15)16/h1-2,6-9,15H,3-5,10-11H2. The van der Waals surface area contributed by atoms with Gasteiger partial charge in [0.05, 0.1) is 6.04 Å². The van der Waals surface area contributed by atoms with Gasteiger partial charge in [0.15, 0.2) is 23.0 Å². The van der Waals surface area contributed by atoms with E-state index in [9.17, 15) is 4.79 Å². The van der Waals surface area contributed by atoms with E-state index in [0.29, 0.717) is 6.42 Å². The smallest absolute Gasteiger partial charge is 0.231 e. The summed E-state index contributed by atoms with van der Waals surface area (Å²) in [6.45, 7) is 1.32. The van der Waals surface area contributed by atoms with Crippen molar-refractivity contribution in [2.45, 2.75) is 18.9 Å². The third-order valence-corrected chi connectivity index (χ3v) is 5.74. The van der Waals surface area contributed by atoms with Gasteiger partial charge in [0, 0.05) is 29.8 Å². The Morgan fingerprint density at radius 3 is 2.74 bits per heavy atom. The molecule has 4 heterocycles. The van der Waals surface area contributed by atoms with Crippen LogP contribution >= 0.6 is 0 Å². The minimum Gasteiger partial charge on any atom is -0.454 e. The quantitative estimate of drug-likeness (QED) is 0.764. The molecular formula is C21H17NO5. The number of hydrogen-bond acceptors (Lipinski definition) is 6. The van der Waals surface area contributed by atoms with Gasteiger partial charge in [-0.05, 0) is 41.8 Å². The number of carbonyl (C=O) groups is 1. The second-order valence-corrected chi connectivity index (χ2v) is 7.06. The monoisotopic (exact) mass is 363 g/mol. The average molecular weight is 363 g/mol. The number of benzene rings is 2. The topological polar surface area (TPSA) is 57.2 Å². The summed E-state index contributed by atoms with van der Waals surface area (Å²) in [5.74, 6) is 3.11. The third kappa shape index (κ3) is 2.04. The first kappa shape index (κ1) is 15.0. The maximum absolute atomic E-state index is 11.5. The van der Waals surface area contributed by atoms with Crippen molar-refractivity contribution in [2.24, 2.45) is 0 Å². The highest BCUT2D eigenvalue weighted by molar-refractivity contribution is 5.88. The van der Waals surface area contributed by atoms with Gasteiger partial charge >= 0.3 is 0 Å². The summed E-state index contributed by atoms with van der Waals surface area (Å²) in [4.78, 5) is 13.8. The van der Waals surface area contributed by atoms with Gasteiger partial charge in [0.1, 0.15) is 6.29 Å². The first-order chi connectivity index (χ1) is 13.3. The number of hydrogen-bond donors (Lipinski definition) is 0. The Labute approximate surface area is 155 Å². The Kier molecular flexibility index (Phi) is 3.01. The van der Waals surface area contributed by atoms with Crippen molar-refractivity contribution in [1.82, 2.24) is 4.90 Å². The van der Waals surface area contributed by atoms with E-state index in [1.807, 2.05) is 12.1 Å². The lowest BCUT2D eigenvalue weighted by Gasteiger charge is -2.42. The van der Waals surface area contributed by atoms with E-state index in [1.54, 1.807) is 0 Å². The summed E-state index contributed by atoms with van der Waals surface area (Å²) in [6.07, 6.45) is 4.46. The molecule has 0 aromatic heterocycles. The molecular weight excluding hydrogens is 346 g/mol. The van der Waals surface area contributed by atoms with Gasteiger partial charge in [-0.2, -0.15) is 0 Å². The molecule has 4 aliphatic heterocycles. The average Bonchev–Trinajstić information content (AvgIpc) is 3.34. The summed E-state index contributed by atoms with van der Waals surface area (Å²) in [6, 6.07) is 8.07. The zero-order valence-electron chi connectivity index (χ0n) is 14.6. The van der Waals surface area contributed by atoms with Gasteiger partial charge < -0.3 is 28.6 Å². The van der Waals surface area contributed by atoms with Crippen LogP contribution in [0.1, 0.15) is 34.7 Å². The molecule has 0 N–H and O–H groups in total. The van der Waals surface area contributed by atoms with E-state index in [2.05, 4.69) is 23.1 Å². The van der Waals surface area contributed by atoms with Crippen molar-refractivity contribution in [3.63, 3.8) is 0 Å². The van der Waals surface area contributed by atoms with E-state index >= 15 is 0 Å². The van der Waals surface area contributed by atoms with Crippen LogP contribution in [-0.2, 0) is 11.2 Å². The van der Waals surface area contributed by atoms with Crippen LogP contribution in [0.3, 0.4) is 0 Å². The molecule has 0 amide bonds. The fourth-order valence-electron chi connectivity index (χ4n) is 4.55. The van der Waals surface area contributed by atoms with Crippen LogP contribution in [0.2, 0.25) is 0 Å². The van der Waals surface area contributed by atoms with Crippen LogP contribution in [0.4, 0.5) is 0 Å². The fourth-order valence-corrected chi connectivity index (χ4v) is 4.55. The number of rotatable bonds is 2. The molecule has 1 atom stereocenters. The molecule has 1 unspecified atom stereocenters. The molecule has 0 saturated heterocycles. The summed E-state index contributed by atoms with van der Waals surface area (Å²) in [5.41, 5.74) is 5.63. The number of ether oxygens (including phenoxy) is 4. The lowest BCUT2D eigenvalue weighted by Crippen LogP contribution is -2.36. The molecule has 0 bridgehead atoms. The second kappa shape index (κ2) is 5.42. The van der Waals surface area contributed by atoms with Crippen LogP contribution in [0, 0.1) is 0 Å². The minimum absolute atomic E-state index is 0.0623. The van der Waals surface area contributed by atoms with Crippen LogP contribution in [0.5, 0.6) is 23.0 Å². The first-order valence-electron chi connectivity index (χ1n) is 9.11. The molecule has 136 valence electrons. The van der Waals surface area contributed by atoms with Gasteiger partial charge in [-0.25, -0.2) is 0 Å². The van der Waals surface area contributed by atoms with Crippen molar-refractivity contribution < 1.29 is 23.7 Å². The van der Waals surface area contributed by atoms with Crippen molar-refractivity contribution >= 4 is 18.1 Å². The van der Waals surface area contributed by atoms with Crippen molar-refractivity contribution in [1.29, 1.82) is 0 Å². The SMILES string of the molecule is O=CCC1c2c(ccc3c2OCO3)C=C2c3cc4c(cc3CCN21)OCO4. The summed E-state index contributed by atoms with van der Waals surface area (Å²) in [7, 11) is 0. The van der Waals surface area contributed by atoms with E-state index in [-0.39, 0.29) is 19.6 Å². The maximum atomic E-state index is 11.5. The highest BCUT2D eigenvalue weighted by atomic mass is 16.7. The Balaban J connectivity index is 1.56. The van der Waals surface area contributed by atoms with Crippen molar-refractivity contribution in [2.75, 3.05) is 20.1 Å². The Bertz CT molecular complexity index is 1010. The van der Waals surface area contributed by atoms with Crippen molar-refractivity contribution in [3.8, 4) is 23.0 Å². The van der Waals surface area contributed by atoms with Crippen LogP contribution < -0.4 is 18.9 Å². The van der Waals surface area contributed by atoms with Gasteiger partial charge in [0.25, 0.3) is 0 Å². The maximum Gasteiger partial charge on any atom is 0.231 e. The summed E-state index contributed by atoms with van der Waals surface area (Å²) < 4.78 is 22.4. The predicted molar refractivity (Wildman–Crippen MR) is 96.8 cm³/mol. The second-order valence-electron chi connectivity index (χ2n) is 7.06. The van der Waals surface area contributed by atoms with E-state index < -0.39 is 0 Å². The molecule has 6 rings (SSSR count). The van der Waals surface area contributed by atoms with Gasteiger partial charge in [-0.1, -0.05) is 6.07 Å². The van der Waals surface area contributed by atoms with E-state index in [4.69, 9.17) is 18.9 Å². The number of carbonyl (C=O) groups excluding carboxylic acids is 1. The molecule has 2 aromatic carbocycles. The molecule has 0 saturated carbocycles. The molecule has 0 fully saturated rings. The van der Waals surface area contributed by atoms with Crippen LogP contribution in [-0.4, -0.2) is 31.3 Å². The molecule has 0 spiro atoms. The first-order valence-corrected chi connectivity index (χ1v) is 9.11. The molecule has 2 aromatic rings. The number of aldehydes is 1. The zero-order valence-corrected chi connectivity index (χ0v) is 14.6. The van der Waals surface area contributed by atoms with Crippen LogP contribution in [0.25, 0.3) is 11.8 Å². The predicted octanol–water partition coefficient (Wildman–Crippen LogP) is 3.14. The van der Waals surface area contributed by atoms with Gasteiger partial charge in [0.2, 0.25) is 13.6 Å². The summed E-state index contributed by atoms with van der Waals surface area (Å²) >= 11 is 0. The van der Waals surface area contributed by atoms with Gasteiger partial charge in [-0.3, -0.25) is 0 Å². The van der Waals surface area contributed by atoms with Crippen molar-refractivity contribution in [3.05, 3.63) is 46.5 Å². The third-order valence-electron chi connectivity index (χ3n) is 5.74. The number of nitrogens with zero attached hydrogens (tertiary/aromatic N) is 1. The Hall–Kier alpha value is -3.15. The molecule has 27 heavy (non-hydrogen) atoms. The number of fused-ring (bicyclic) bond motifs is 7. The highest BCUT2D eigenvalue weighted by Crippen LogP contribution is 2.51. The minimum atomic E-state index is -0.0623. The summed E-state index contributed by atoms with van der Waals surface area (Å²) in [5, 5.41) is 0. The van der Waals surface area contributed by atoms with Gasteiger partial charge in [-0.15, -0.1) is 0 Å². The Morgan fingerprint density at radius 2 is 1.85 bits per heavy atom. The molecule has 4 aliphatic rings. The zero-order chi connectivity index (χ0) is 18.0. The largest absolute Gasteiger partial charge is 0.454 e. The normalized spacial score (nSPS) is 20.5. The van der Waals surface area contributed by atoms with E-state index in [0.717, 1.165) is 64.6 Å². The highest BCUT2D eigenvalue weighted by Gasteiger charge is 2.37. The fraction of sp³-hybridized carbons (Fsp3) is 0.286. The molecule has 0 aliphatic carbocycles. The lowest BCUT2D eigenvalue weighted by atomic mass is 9.85. The molecule has 0 radical (unpaired) electrons. The van der Waals surface area contributed by atoms with Crippen LogP contribution in [0.15, 0.2) is 24.3 Å². The molecule has 6 heteroatoms. The van der Waals surface area contributed by atoms with E-state index in [1.165, 1.54) is 5.56 Å². The molecule has 6 nitrogen and oxygen atoms in total. The lowest BCUT2D eigenvalue weighted by molar-refractivity contribution is -0.108.